The van der Waals surface area contributed by atoms with Crippen molar-refractivity contribution in [2.24, 2.45) is 0 Å². The Labute approximate surface area is 331 Å². The van der Waals surface area contributed by atoms with Gasteiger partial charge >= 0.3 is 0 Å². The van der Waals surface area contributed by atoms with Crippen molar-refractivity contribution >= 4 is 59.3 Å². The van der Waals surface area contributed by atoms with Gasteiger partial charge in [-0.1, -0.05) is 158 Å². The van der Waals surface area contributed by atoms with Gasteiger partial charge in [0.25, 0.3) is 0 Å². The van der Waals surface area contributed by atoms with E-state index < -0.39 is 0 Å². The Morgan fingerprint density at radius 3 is 1.66 bits per heavy atom. The number of hydrogen-bond acceptors (Lipinski definition) is 2. The molecule has 10 aromatic rings. The Hall–Kier alpha value is -6.74. The summed E-state index contributed by atoms with van der Waals surface area (Å²) in [6, 6.07) is 75.7. The van der Waals surface area contributed by atoms with Gasteiger partial charge < -0.3 is 4.90 Å². The quantitative estimate of drug-likeness (QED) is 0.165. The summed E-state index contributed by atoms with van der Waals surface area (Å²) in [4.78, 5) is 2.36. The molecule has 0 unspecified atom stereocenters. The second-order valence-corrected chi connectivity index (χ2v) is 16.1. The van der Waals surface area contributed by atoms with Gasteiger partial charge in [-0.25, -0.2) is 0 Å². The minimum Gasteiger partial charge on any atom is -0.310 e. The first-order valence-corrected chi connectivity index (χ1v) is 20.2. The van der Waals surface area contributed by atoms with Crippen molar-refractivity contribution < 1.29 is 0 Å². The van der Waals surface area contributed by atoms with Gasteiger partial charge in [0, 0.05) is 42.3 Å². The zero-order chi connectivity index (χ0) is 37.2. The highest BCUT2D eigenvalue weighted by atomic mass is 32.1. The van der Waals surface area contributed by atoms with E-state index in [9.17, 15) is 0 Å². The molecule has 56 heavy (non-hydrogen) atoms. The van der Waals surface area contributed by atoms with E-state index >= 15 is 0 Å². The van der Waals surface area contributed by atoms with Crippen LogP contribution in [0.3, 0.4) is 0 Å². The van der Waals surface area contributed by atoms with E-state index in [1.807, 2.05) is 11.3 Å². The number of rotatable bonds is 6. The zero-order valence-electron chi connectivity index (χ0n) is 31.0. The molecule has 0 saturated heterocycles. The average molecular weight is 732 g/mol. The average Bonchev–Trinajstić information content (AvgIpc) is 3.77. The summed E-state index contributed by atoms with van der Waals surface area (Å²) in [5.41, 5.74) is 14.9. The largest absolute Gasteiger partial charge is 0.310 e. The fourth-order valence-electron chi connectivity index (χ4n) is 9.23. The lowest BCUT2D eigenvalue weighted by Gasteiger charge is -2.29. The van der Waals surface area contributed by atoms with E-state index in [1.165, 1.54) is 86.7 Å². The Morgan fingerprint density at radius 1 is 0.393 bits per heavy atom. The van der Waals surface area contributed by atoms with Crippen LogP contribution in [0.4, 0.5) is 17.1 Å². The summed E-state index contributed by atoms with van der Waals surface area (Å²) < 4.78 is 2.66. The monoisotopic (exact) mass is 731 g/mol. The number of anilines is 3. The Kier molecular flexibility index (Phi) is 7.55. The third-order valence-corrected chi connectivity index (χ3v) is 13.1. The zero-order valence-corrected chi connectivity index (χ0v) is 31.8. The molecule has 1 aromatic heterocycles. The molecule has 0 atom stereocenters. The fraction of sp³-hybridized carbons (Fsp3) is 0.0370. The van der Waals surface area contributed by atoms with Crippen molar-refractivity contribution in [2.75, 3.05) is 4.90 Å². The number of para-hydroxylation sites is 1. The van der Waals surface area contributed by atoms with Crippen molar-refractivity contribution in [3.05, 3.63) is 223 Å². The van der Waals surface area contributed by atoms with Crippen molar-refractivity contribution in [3.63, 3.8) is 0 Å². The standard InChI is InChI=1S/C54H37NS/c1-54(47-20-9-7-18-44(47)45-19-8-10-21-48(45)54)49-22-12-24-52-53(49)46-35-40(31-34-51(46)56-52)38-27-25-36(26-28-38)37-29-32-42(33-30-37)55(41-15-3-2-4-16-41)50-23-11-14-39-13-5-6-17-43(39)50/h2-35H,1H3. The Balaban J connectivity index is 0.952. The number of fused-ring (bicyclic) bond motifs is 7. The van der Waals surface area contributed by atoms with Crippen LogP contribution in [0.15, 0.2) is 206 Å². The van der Waals surface area contributed by atoms with E-state index in [4.69, 9.17) is 0 Å². The first-order valence-electron chi connectivity index (χ1n) is 19.3. The minimum atomic E-state index is -0.249. The van der Waals surface area contributed by atoms with Crippen molar-refractivity contribution in [1.29, 1.82) is 0 Å². The molecule has 0 spiro atoms. The van der Waals surface area contributed by atoms with E-state index in [0.29, 0.717) is 0 Å². The van der Waals surface area contributed by atoms with Crippen LogP contribution in [0.2, 0.25) is 0 Å². The van der Waals surface area contributed by atoms with Crippen LogP contribution < -0.4 is 4.90 Å². The lowest BCUT2D eigenvalue weighted by atomic mass is 9.73. The summed E-state index contributed by atoms with van der Waals surface area (Å²) in [6.07, 6.45) is 0. The minimum absolute atomic E-state index is 0.249. The molecule has 0 radical (unpaired) electrons. The first kappa shape index (κ1) is 32.7. The predicted molar refractivity (Wildman–Crippen MR) is 240 cm³/mol. The molecule has 264 valence electrons. The van der Waals surface area contributed by atoms with Crippen LogP contribution in [0.5, 0.6) is 0 Å². The molecule has 11 rings (SSSR count). The molecule has 0 N–H and O–H groups in total. The van der Waals surface area contributed by atoms with Gasteiger partial charge in [-0.2, -0.15) is 0 Å². The molecular weight excluding hydrogens is 695 g/mol. The highest BCUT2D eigenvalue weighted by Crippen LogP contribution is 2.55. The van der Waals surface area contributed by atoms with Crippen LogP contribution in [-0.4, -0.2) is 0 Å². The van der Waals surface area contributed by atoms with Gasteiger partial charge in [-0.05, 0) is 111 Å². The Bertz CT molecular complexity index is 3030. The van der Waals surface area contributed by atoms with Crippen molar-refractivity contribution in [2.45, 2.75) is 12.3 Å². The van der Waals surface area contributed by atoms with Gasteiger partial charge in [0.2, 0.25) is 0 Å². The summed E-state index contributed by atoms with van der Waals surface area (Å²) in [7, 11) is 0. The Morgan fingerprint density at radius 2 is 0.929 bits per heavy atom. The van der Waals surface area contributed by atoms with Crippen LogP contribution >= 0.6 is 11.3 Å². The molecule has 1 heterocycles. The number of hydrogen-bond donors (Lipinski definition) is 0. The highest BCUT2D eigenvalue weighted by Gasteiger charge is 2.41. The van der Waals surface area contributed by atoms with Gasteiger partial charge in [-0.15, -0.1) is 11.3 Å². The summed E-state index contributed by atoms with van der Waals surface area (Å²) in [6.45, 7) is 2.42. The van der Waals surface area contributed by atoms with Crippen LogP contribution in [0.25, 0.3) is 64.3 Å². The second-order valence-electron chi connectivity index (χ2n) is 15.0. The smallest absolute Gasteiger partial charge is 0.0540 e. The third-order valence-electron chi connectivity index (χ3n) is 12.0. The van der Waals surface area contributed by atoms with E-state index in [0.717, 1.165) is 11.4 Å². The molecule has 0 fully saturated rings. The maximum atomic E-state index is 2.42. The molecule has 0 bridgehead atoms. The molecular formula is C54H37NS. The molecule has 0 amide bonds. The van der Waals surface area contributed by atoms with Crippen LogP contribution in [0, 0.1) is 0 Å². The van der Waals surface area contributed by atoms with E-state index in [2.05, 4.69) is 218 Å². The number of nitrogens with zero attached hydrogens (tertiary/aromatic N) is 1. The molecule has 1 aliphatic carbocycles. The molecule has 1 nitrogen and oxygen atoms in total. The summed E-state index contributed by atoms with van der Waals surface area (Å²) in [5, 5.41) is 5.16. The molecule has 0 aliphatic heterocycles. The van der Waals surface area contributed by atoms with Crippen LogP contribution in [-0.2, 0) is 5.41 Å². The highest BCUT2D eigenvalue weighted by molar-refractivity contribution is 7.25. The van der Waals surface area contributed by atoms with Crippen molar-refractivity contribution in [1.82, 2.24) is 0 Å². The maximum absolute atomic E-state index is 2.42. The van der Waals surface area contributed by atoms with Crippen molar-refractivity contribution in [3.8, 4) is 33.4 Å². The van der Waals surface area contributed by atoms with Crippen LogP contribution in [0.1, 0.15) is 23.6 Å². The summed E-state index contributed by atoms with van der Waals surface area (Å²) in [5.74, 6) is 0. The van der Waals surface area contributed by atoms with Gasteiger partial charge in [0.05, 0.1) is 5.69 Å². The molecule has 2 heteroatoms. The first-order chi connectivity index (χ1) is 27.6. The number of benzene rings is 9. The number of thiophene rings is 1. The predicted octanol–water partition coefficient (Wildman–Crippen LogP) is 15.3. The van der Waals surface area contributed by atoms with Gasteiger partial charge in [0.15, 0.2) is 0 Å². The normalized spacial score (nSPS) is 12.9. The molecule has 9 aromatic carbocycles. The van der Waals surface area contributed by atoms with E-state index in [-0.39, 0.29) is 5.41 Å². The molecule has 0 saturated carbocycles. The van der Waals surface area contributed by atoms with E-state index in [1.54, 1.807) is 0 Å². The fourth-order valence-corrected chi connectivity index (χ4v) is 10.3. The van der Waals surface area contributed by atoms with Gasteiger partial charge in [0.1, 0.15) is 0 Å². The van der Waals surface area contributed by atoms with Gasteiger partial charge in [-0.3, -0.25) is 0 Å². The second kappa shape index (κ2) is 12.9. The molecule has 1 aliphatic rings. The maximum Gasteiger partial charge on any atom is 0.0540 e. The summed E-state index contributed by atoms with van der Waals surface area (Å²) >= 11 is 1.90. The lowest BCUT2D eigenvalue weighted by Crippen LogP contribution is -2.22. The SMILES string of the molecule is CC1(c2cccc3sc4ccc(-c5ccc(-c6ccc(N(c7ccccc7)c7cccc8ccccc78)cc6)cc5)cc4c23)c2ccccc2-c2ccccc21. The third kappa shape index (κ3) is 5.07. The lowest BCUT2D eigenvalue weighted by molar-refractivity contribution is 0.722. The topological polar surface area (TPSA) is 3.24 Å².